The largest absolute Gasteiger partial charge is 0.494 e. The number of hydrogen-bond acceptors (Lipinski definition) is 5. The monoisotopic (exact) mass is 330 g/mol. The van der Waals surface area contributed by atoms with Crippen LogP contribution in [0.25, 0.3) is 0 Å². The van der Waals surface area contributed by atoms with Crippen LogP contribution in [-0.4, -0.2) is 15.5 Å². The summed E-state index contributed by atoms with van der Waals surface area (Å²) in [6.45, 7) is 1.99. The van der Waals surface area contributed by atoms with E-state index in [2.05, 4.69) is 4.72 Å². The van der Waals surface area contributed by atoms with Crippen LogP contribution in [0.4, 0.5) is 10.1 Å². The lowest BCUT2D eigenvalue weighted by Gasteiger charge is -2.11. The van der Waals surface area contributed by atoms with E-state index in [0.717, 1.165) is 17.0 Å². The van der Waals surface area contributed by atoms with Crippen LogP contribution in [0, 0.1) is 12.7 Å². The van der Waals surface area contributed by atoms with Gasteiger partial charge in [-0.15, -0.1) is 11.3 Å². The minimum atomic E-state index is -3.78. The van der Waals surface area contributed by atoms with Crippen molar-refractivity contribution >= 4 is 27.0 Å². The van der Waals surface area contributed by atoms with Crippen LogP contribution >= 0.6 is 11.3 Å². The number of nitrogens with two attached hydrogens (primary N) is 1. The van der Waals surface area contributed by atoms with Crippen molar-refractivity contribution in [1.82, 2.24) is 0 Å². The highest BCUT2D eigenvalue weighted by molar-refractivity contribution is 7.93. The van der Waals surface area contributed by atoms with Gasteiger partial charge >= 0.3 is 0 Å². The highest BCUT2D eigenvalue weighted by atomic mass is 32.2. The fraction of sp³-hybridized carbons (Fsp3) is 0.231. The first-order valence-electron chi connectivity index (χ1n) is 6.03. The lowest BCUT2D eigenvalue weighted by Crippen LogP contribution is -2.14. The molecule has 0 atom stereocenters. The van der Waals surface area contributed by atoms with Gasteiger partial charge < -0.3 is 10.5 Å². The van der Waals surface area contributed by atoms with Crippen molar-refractivity contribution in [1.29, 1.82) is 0 Å². The van der Waals surface area contributed by atoms with Gasteiger partial charge in [-0.1, -0.05) is 0 Å². The number of thiophene rings is 1. The molecule has 1 aromatic carbocycles. The predicted octanol–water partition coefficient (Wildman–Crippen LogP) is 2.46. The van der Waals surface area contributed by atoms with Gasteiger partial charge in [0.15, 0.2) is 0 Å². The molecule has 0 bridgehead atoms. The second-order valence-corrected chi connectivity index (χ2v) is 7.28. The van der Waals surface area contributed by atoms with E-state index in [0.29, 0.717) is 4.88 Å². The molecule has 21 heavy (non-hydrogen) atoms. The molecule has 0 unspecified atom stereocenters. The van der Waals surface area contributed by atoms with Crippen LogP contribution < -0.4 is 15.2 Å². The van der Waals surface area contributed by atoms with Gasteiger partial charge in [-0.3, -0.25) is 4.72 Å². The van der Waals surface area contributed by atoms with E-state index in [1.54, 1.807) is 13.0 Å². The number of anilines is 1. The summed E-state index contributed by atoms with van der Waals surface area (Å²) in [5.74, 6) is -0.391. The topological polar surface area (TPSA) is 81.4 Å². The normalized spacial score (nSPS) is 11.4. The Bertz CT molecular complexity index is 757. The number of halogens is 1. The molecule has 1 heterocycles. The molecule has 0 radical (unpaired) electrons. The molecule has 3 N–H and O–H groups in total. The van der Waals surface area contributed by atoms with Gasteiger partial charge in [-0.25, -0.2) is 12.8 Å². The lowest BCUT2D eigenvalue weighted by molar-refractivity contribution is 0.413. The average molecular weight is 330 g/mol. The number of ether oxygens (including phenoxy) is 1. The summed E-state index contributed by atoms with van der Waals surface area (Å²) in [7, 11) is -2.43. The predicted molar refractivity (Wildman–Crippen MR) is 80.7 cm³/mol. The first-order valence-corrected chi connectivity index (χ1v) is 8.33. The van der Waals surface area contributed by atoms with Gasteiger partial charge in [-0.05, 0) is 25.1 Å². The minimum Gasteiger partial charge on any atom is -0.494 e. The first-order chi connectivity index (χ1) is 9.87. The van der Waals surface area contributed by atoms with Crippen LogP contribution in [0.15, 0.2) is 29.2 Å². The third-order valence-corrected chi connectivity index (χ3v) is 5.52. The summed E-state index contributed by atoms with van der Waals surface area (Å²) in [6, 6.07) is 5.13. The van der Waals surface area contributed by atoms with Gasteiger partial charge in [-0.2, -0.15) is 0 Å². The van der Waals surface area contributed by atoms with Crippen molar-refractivity contribution in [2.75, 3.05) is 11.8 Å². The SMILES string of the molecule is COc1cc(F)ccc1NS(=O)(=O)c1cc(CN)sc1C. The Labute approximate surface area is 126 Å². The number of benzene rings is 1. The maximum absolute atomic E-state index is 13.1. The van der Waals surface area contributed by atoms with Gasteiger partial charge in [0.25, 0.3) is 10.0 Å². The summed E-state index contributed by atoms with van der Waals surface area (Å²) < 4.78 is 45.3. The van der Waals surface area contributed by atoms with E-state index in [-0.39, 0.29) is 22.9 Å². The molecule has 0 saturated carbocycles. The molecule has 8 heteroatoms. The summed E-state index contributed by atoms with van der Waals surface area (Å²) in [4.78, 5) is 1.59. The molecule has 0 fully saturated rings. The van der Waals surface area contributed by atoms with E-state index in [9.17, 15) is 12.8 Å². The zero-order valence-electron chi connectivity index (χ0n) is 11.5. The number of rotatable bonds is 5. The van der Waals surface area contributed by atoms with Crippen molar-refractivity contribution in [3.05, 3.63) is 39.8 Å². The van der Waals surface area contributed by atoms with E-state index in [1.807, 2.05) is 0 Å². The maximum Gasteiger partial charge on any atom is 0.263 e. The lowest BCUT2D eigenvalue weighted by atomic mass is 10.3. The van der Waals surface area contributed by atoms with E-state index >= 15 is 0 Å². The van der Waals surface area contributed by atoms with E-state index in [4.69, 9.17) is 10.5 Å². The third kappa shape index (κ3) is 3.34. The van der Waals surface area contributed by atoms with E-state index in [1.165, 1.54) is 24.5 Å². The Morgan fingerprint density at radius 3 is 2.67 bits per heavy atom. The molecular weight excluding hydrogens is 315 g/mol. The second kappa shape index (κ2) is 6.00. The molecule has 0 aliphatic rings. The van der Waals surface area contributed by atoms with Crippen LogP contribution in [0.2, 0.25) is 0 Å². The number of sulfonamides is 1. The molecule has 0 amide bonds. The van der Waals surface area contributed by atoms with Crippen LogP contribution in [0.3, 0.4) is 0 Å². The highest BCUT2D eigenvalue weighted by Crippen LogP contribution is 2.31. The third-order valence-electron chi connectivity index (χ3n) is 2.82. The van der Waals surface area contributed by atoms with Crippen molar-refractivity contribution in [2.24, 2.45) is 5.73 Å². The Balaban J connectivity index is 2.39. The van der Waals surface area contributed by atoms with Gasteiger partial charge in [0.1, 0.15) is 16.5 Å². The fourth-order valence-corrected chi connectivity index (χ4v) is 4.43. The number of aryl methyl sites for hydroxylation is 1. The number of nitrogens with one attached hydrogen (secondary N) is 1. The van der Waals surface area contributed by atoms with Crippen molar-refractivity contribution < 1.29 is 17.5 Å². The Morgan fingerprint density at radius 2 is 2.10 bits per heavy atom. The Kier molecular flexibility index (Phi) is 4.50. The summed E-state index contributed by atoms with van der Waals surface area (Å²) in [6.07, 6.45) is 0. The van der Waals surface area contributed by atoms with Crippen molar-refractivity contribution in [3.8, 4) is 5.75 Å². The molecule has 2 rings (SSSR count). The molecule has 114 valence electrons. The Morgan fingerprint density at radius 1 is 1.38 bits per heavy atom. The zero-order valence-corrected chi connectivity index (χ0v) is 13.1. The van der Waals surface area contributed by atoms with Gasteiger partial charge in [0.05, 0.1) is 12.8 Å². The van der Waals surface area contributed by atoms with Crippen LogP contribution in [0.1, 0.15) is 9.75 Å². The summed E-state index contributed by atoms with van der Waals surface area (Å²) >= 11 is 1.33. The zero-order chi connectivity index (χ0) is 15.6. The fourth-order valence-electron chi connectivity index (χ4n) is 1.84. The standard InChI is InChI=1S/C13H15FN2O3S2/c1-8-13(6-10(7-15)20-8)21(17,18)16-11-4-3-9(14)5-12(11)19-2/h3-6,16H,7,15H2,1-2H3. The average Bonchev–Trinajstić information content (AvgIpc) is 2.82. The molecule has 5 nitrogen and oxygen atoms in total. The smallest absolute Gasteiger partial charge is 0.263 e. The number of methoxy groups -OCH3 is 1. The van der Waals surface area contributed by atoms with Crippen LogP contribution in [0.5, 0.6) is 5.75 Å². The quantitative estimate of drug-likeness (QED) is 0.882. The van der Waals surface area contributed by atoms with Crippen molar-refractivity contribution in [3.63, 3.8) is 0 Å². The molecule has 0 saturated heterocycles. The molecule has 1 aromatic heterocycles. The molecule has 2 aromatic rings. The van der Waals surface area contributed by atoms with Crippen LogP contribution in [-0.2, 0) is 16.6 Å². The summed E-state index contributed by atoms with van der Waals surface area (Å²) in [5, 5.41) is 0. The molecule has 0 aliphatic carbocycles. The maximum atomic E-state index is 13.1. The Hall–Kier alpha value is -1.64. The van der Waals surface area contributed by atoms with Gasteiger partial charge in [0, 0.05) is 22.4 Å². The summed E-state index contributed by atoms with van der Waals surface area (Å²) in [5.41, 5.74) is 5.70. The van der Waals surface area contributed by atoms with Crippen molar-refractivity contribution in [2.45, 2.75) is 18.4 Å². The molecule has 0 aliphatic heterocycles. The molecule has 0 spiro atoms. The minimum absolute atomic E-state index is 0.116. The van der Waals surface area contributed by atoms with E-state index < -0.39 is 15.8 Å². The number of hydrogen-bond donors (Lipinski definition) is 2. The second-order valence-electron chi connectivity index (χ2n) is 4.29. The highest BCUT2D eigenvalue weighted by Gasteiger charge is 2.21. The molecular formula is C13H15FN2O3S2. The van der Waals surface area contributed by atoms with Gasteiger partial charge in [0.2, 0.25) is 0 Å². The first kappa shape index (κ1) is 15.7.